The van der Waals surface area contributed by atoms with Crippen LogP contribution in [0.5, 0.6) is 0 Å². The number of rotatable bonds is 5. The molecule has 0 aliphatic carbocycles. The van der Waals surface area contributed by atoms with Gasteiger partial charge in [-0.1, -0.05) is 12.1 Å². The summed E-state index contributed by atoms with van der Waals surface area (Å²) in [6.45, 7) is 2.89. The summed E-state index contributed by atoms with van der Waals surface area (Å²) in [5.41, 5.74) is 0.686. The van der Waals surface area contributed by atoms with Crippen LogP contribution in [-0.4, -0.2) is 25.5 Å². The van der Waals surface area contributed by atoms with E-state index in [0.717, 1.165) is 0 Å². The maximum absolute atomic E-state index is 13.5. The van der Waals surface area contributed by atoms with Gasteiger partial charge in [-0.2, -0.15) is 0 Å². The molecule has 2 N–H and O–H groups in total. The molecule has 0 saturated heterocycles. The number of halogens is 1. The normalized spacial score (nSPS) is 13.3. The van der Waals surface area contributed by atoms with E-state index in [2.05, 4.69) is 0 Å². The van der Waals surface area contributed by atoms with Crippen LogP contribution in [0.15, 0.2) is 18.2 Å². The molecule has 1 aromatic carbocycles. The van der Waals surface area contributed by atoms with Crippen LogP contribution in [0.3, 0.4) is 0 Å². The second kappa shape index (κ2) is 5.45. The molecule has 0 fully saturated rings. The third kappa shape index (κ3) is 4.08. The van der Waals surface area contributed by atoms with Gasteiger partial charge in [0, 0.05) is 5.56 Å². The zero-order valence-corrected chi connectivity index (χ0v) is 10.8. The predicted molar refractivity (Wildman–Crippen MR) is 64.0 cm³/mol. The third-order valence-electron chi connectivity index (χ3n) is 2.28. The molecule has 0 aliphatic heterocycles. The Labute approximate surface area is 105 Å². The summed E-state index contributed by atoms with van der Waals surface area (Å²) in [4.78, 5) is 10.5. The fourth-order valence-corrected chi connectivity index (χ4v) is 2.70. The monoisotopic (exact) mass is 275 g/mol. The highest BCUT2D eigenvalue weighted by Gasteiger charge is 2.21. The fraction of sp³-hybridized carbons (Fsp3) is 0.364. The van der Waals surface area contributed by atoms with Crippen LogP contribution in [0.4, 0.5) is 4.39 Å². The number of sulfonamides is 1. The van der Waals surface area contributed by atoms with Crippen molar-refractivity contribution in [2.24, 2.45) is 0 Å². The van der Waals surface area contributed by atoms with E-state index in [4.69, 9.17) is 5.11 Å². The smallest absolute Gasteiger partial charge is 0.321 e. The van der Waals surface area contributed by atoms with Crippen LogP contribution < -0.4 is 4.72 Å². The van der Waals surface area contributed by atoms with Gasteiger partial charge in [0.1, 0.15) is 11.9 Å². The minimum atomic E-state index is -3.89. The number of benzene rings is 1. The summed E-state index contributed by atoms with van der Waals surface area (Å²) < 4.78 is 38.6. The van der Waals surface area contributed by atoms with Gasteiger partial charge < -0.3 is 5.11 Å². The van der Waals surface area contributed by atoms with E-state index in [1.165, 1.54) is 19.1 Å². The van der Waals surface area contributed by atoms with Gasteiger partial charge in [0.25, 0.3) is 0 Å². The Bertz CT molecular complexity index is 556. The molecular formula is C11H14FNO4S. The molecule has 0 radical (unpaired) electrons. The van der Waals surface area contributed by atoms with Crippen LogP contribution >= 0.6 is 0 Å². The quantitative estimate of drug-likeness (QED) is 0.840. The van der Waals surface area contributed by atoms with E-state index < -0.39 is 33.6 Å². The number of hydrogen-bond acceptors (Lipinski definition) is 3. The number of aryl methyl sites for hydroxylation is 1. The predicted octanol–water partition coefficient (Wildman–Crippen LogP) is 1.03. The zero-order valence-electron chi connectivity index (χ0n) is 9.97. The summed E-state index contributed by atoms with van der Waals surface area (Å²) in [6, 6.07) is 2.94. The highest BCUT2D eigenvalue weighted by atomic mass is 32.2. The molecule has 0 bridgehead atoms. The van der Waals surface area contributed by atoms with E-state index in [1.807, 2.05) is 4.72 Å². The van der Waals surface area contributed by atoms with Gasteiger partial charge in [0.2, 0.25) is 10.0 Å². The topological polar surface area (TPSA) is 83.5 Å². The molecular weight excluding hydrogens is 261 g/mol. The average molecular weight is 275 g/mol. The first-order chi connectivity index (χ1) is 8.21. The first-order valence-corrected chi connectivity index (χ1v) is 6.84. The van der Waals surface area contributed by atoms with Crippen molar-refractivity contribution in [2.75, 3.05) is 0 Å². The van der Waals surface area contributed by atoms with Gasteiger partial charge in [-0.3, -0.25) is 4.79 Å². The van der Waals surface area contributed by atoms with E-state index in [1.54, 1.807) is 13.0 Å². The van der Waals surface area contributed by atoms with Crippen molar-refractivity contribution < 1.29 is 22.7 Å². The van der Waals surface area contributed by atoms with Crippen LogP contribution in [0.1, 0.15) is 18.1 Å². The molecule has 0 spiro atoms. The molecule has 7 heteroatoms. The second-order valence-corrected chi connectivity index (χ2v) is 5.79. The summed E-state index contributed by atoms with van der Waals surface area (Å²) in [6.07, 6.45) is 0. The van der Waals surface area contributed by atoms with Crippen molar-refractivity contribution in [2.45, 2.75) is 25.6 Å². The molecule has 0 saturated carbocycles. The Morgan fingerprint density at radius 2 is 2.11 bits per heavy atom. The van der Waals surface area contributed by atoms with Crippen molar-refractivity contribution in [1.82, 2.24) is 4.72 Å². The zero-order chi connectivity index (χ0) is 13.9. The molecule has 0 heterocycles. The molecule has 5 nitrogen and oxygen atoms in total. The van der Waals surface area contributed by atoms with Crippen molar-refractivity contribution in [3.63, 3.8) is 0 Å². The van der Waals surface area contributed by atoms with Gasteiger partial charge in [0.15, 0.2) is 0 Å². The number of carboxylic acids is 1. The maximum Gasteiger partial charge on any atom is 0.321 e. The Morgan fingerprint density at radius 3 is 2.61 bits per heavy atom. The number of nitrogens with one attached hydrogen (secondary N) is 1. The van der Waals surface area contributed by atoms with E-state index in [9.17, 15) is 17.6 Å². The number of carbonyl (C=O) groups is 1. The summed E-state index contributed by atoms with van der Waals surface area (Å²) in [5, 5.41) is 8.60. The van der Waals surface area contributed by atoms with Crippen LogP contribution in [-0.2, 0) is 20.6 Å². The van der Waals surface area contributed by atoms with Crippen LogP contribution in [0, 0.1) is 12.7 Å². The van der Waals surface area contributed by atoms with E-state index in [-0.39, 0.29) is 5.56 Å². The fourth-order valence-electron chi connectivity index (χ4n) is 1.34. The first kappa shape index (κ1) is 14.6. The minimum absolute atomic E-state index is 0.00527. The third-order valence-corrected chi connectivity index (χ3v) is 3.68. The standard InChI is InChI=1S/C11H14FNO4S/c1-7-3-4-9(10(12)5-7)6-18(16,17)13-8(2)11(14)15/h3-5,8,13H,6H2,1-2H3,(H,14,15)/t8-/m1/s1. The van der Waals surface area contributed by atoms with Crippen molar-refractivity contribution >= 4 is 16.0 Å². The van der Waals surface area contributed by atoms with Crippen molar-refractivity contribution in [3.8, 4) is 0 Å². The van der Waals surface area contributed by atoms with E-state index >= 15 is 0 Å². The molecule has 1 atom stereocenters. The van der Waals surface area contributed by atoms with Crippen LogP contribution in [0.2, 0.25) is 0 Å². The van der Waals surface area contributed by atoms with Crippen LogP contribution in [0.25, 0.3) is 0 Å². The summed E-state index contributed by atoms with van der Waals surface area (Å²) in [7, 11) is -3.89. The first-order valence-electron chi connectivity index (χ1n) is 5.19. The molecule has 18 heavy (non-hydrogen) atoms. The summed E-state index contributed by atoms with van der Waals surface area (Å²) >= 11 is 0. The molecule has 1 aromatic rings. The lowest BCUT2D eigenvalue weighted by Gasteiger charge is -2.10. The largest absolute Gasteiger partial charge is 0.480 e. The summed E-state index contributed by atoms with van der Waals surface area (Å²) in [5.74, 6) is -2.50. The highest BCUT2D eigenvalue weighted by Crippen LogP contribution is 2.12. The number of aliphatic carboxylic acids is 1. The lowest BCUT2D eigenvalue weighted by molar-refractivity contribution is -0.138. The molecule has 1 rings (SSSR count). The molecule has 0 aliphatic rings. The molecule has 0 aromatic heterocycles. The Morgan fingerprint density at radius 1 is 1.50 bits per heavy atom. The molecule has 100 valence electrons. The highest BCUT2D eigenvalue weighted by molar-refractivity contribution is 7.88. The van der Waals surface area contributed by atoms with Gasteiger partial charge in [-0.25, -0.2) is 17.5 Å². The minimum Gasteiger partial charge on any atom is -0.480 e. The van der Waals surface area contributed by atoms with Gasteiger partial charge in [-0.15, -0.1) is 0 Å². The molecule has 0 unspecified atom stereocenters. The van der Waals surface area contributed by atoms with Gasteiger partial charge >= 0.3 is 5.97 Å². The van der Waals surface area contributed by atoms with Gasteiger partial charge in [-0.05, 0) is 25.5 Å². The Kier molecular flexibility index (Phi) is 4.42. The number of hydrogen-bond donors (Lipinski definition) is 2. The maximum atomic E-state index is 13.5. The SMILES string of the molecule is Cc1ccc(CS(=O)(=O)N[C@H](C)C(=O)O)c(F)c1. The number of carboxylic acid groups (broad SMARTS) is 1. The van der Waals surface area contributed by atoms with Gasteiger partial charge in [0.05, 0.1) is 5.75 Å². The molecule has 0 amide bonds. The van der Waals surface area contributed by atoms with E-state index in [0.29, 0.717) is 5.56 Å². The van der Waals surface area contributed by atoms with Crippen molar-refractivity contribution in [1.29, 1.82) is 0 Å². The Balaban J connectivity index is 2.86. The second-order valence-electron chi connectivity index (χ2n) is 4.03. The lowest BCUT2D eigenvalue weighted by atomic mass is 10.2. The average Bonchev–Trinajstić information content (AvgIpc) is 2.21. The Hall–Kier alpha value is -1.47. The van der Waals surface area contributed by atoms with Crippen molar-refractivity contribution in [3.05, 3.63) is 35.1 Å². The lowest BCUT2D eigenvalue weighted by Crippen LogP contribution is -2.39.